The summed E-state index contributed by atoms with van der Waals surface area (Å²) < 4.78 is 16.1. The van der Waals surface area contributed by atoms with Crippen LogP contribution >= 0.6 is 0 Å². The number of hydrogen-bond acceptors (Lipinski definition) is 2. The zero-order chi connectivity index (χ0) is 31.9. The summed E-state index contributed by atoms with van der Waals surface area (Å²) in [4.78, 5) is 0. The van der Waals surface area contributed by atoms with Gasteiger partial charge in [0, 0.05) is 28.4 Å². The van der Waals surface area contributed by atoms with E-state index in [1.807, 2.05) is 0 Å². The Bertz CT molecular complexity index is 2410. The lowest BCUT2D eigenvalue weighted by Crippen LogP contribution is -2.57. The van der Waals surface area contributed by atoms with Crippen LogP contribution in [0, 0.1) is 13.8 Å². The average molecular weight is 616 g/mol. The Balaban J connectivity index is 1.22. The Labute approximate surface area is 279 Å². The van der Waals surface area contributed by atoms with Crippen LogP contribution in [0.5, 0.6) is 23.0 Å². The van der Waals surface area contributed by atoms with Crippen LogP contribution in [0.1, 0.15) is 11.1 Å². The topological polar surface area (TPSA) is 23.4 Å². The molecule has 1 aromatic heterocycles. The second-order valence-electron chi connectivity index (χ2n) is 13.1. The van der Waals surface area contributed by atoms with E-state index in [-0.39, 0.29) is 6.71 Å². The first-order valence-corrected chi connectivity index (χ1v) is 16.5. The first-order chi connectivity index (χ1) is 23.6. The van der Waals surface area contributed by atoms with Crippen LogP contribution in [0.4, 0.5) is 0 Å². The van der Waals surface area contributed by atoms with Gasteiger partial charge in [0.2, 0.25) is 0 Å². The molecule has 0 radical (unpaired) electrons. The lowest BCUT2D eigenvalue weighted by atomic mass is 9.34. The number of ether oxygens (including phenoxy) is 2. The molecule has 48 heavy (non-hydrogen) atoms. The van der Waals surface area contributed by atoms with Gasteiger partial charge in [0.15, 0.2) is 0 Å². The third-order valence-electron chi connectivity index (χ3n) is 10.0. The molecule has 226 valence electrons. The fraction of sp³-hybridized carbons (Fsp3) is 0.0455. The molecule has 0 saturated heterocycles. The van der Waals surface area contributed by atoms with E-state index in [0.717, 1.165) is 56.1 Å². The second kappa shape index (κ2) is 10.3. The van der Waals surface area contributed by atoms with Crippen molar-refractivity contribution in [3.63, 3.8) is 0 Å². The number of nitrogens with zero attached hydrogens (tertiary/aromatic N) is 1. The van der Waals surface area contributed by atoms with Crippen LogP contribution < -0.4 is 25.9 Å². The summed E-state index contributed by atoms with van der Waals surface area (Å²) in [7, 11) is 0. The van der Waals surface area contributed by atoms with Gasteiger partial charge in [-0.2, -0.15) is 0 Å². The predicted molar refractivity (Wildman–Crippen MR) is 199 cm³/mol. The lowest BCUT2D eigenvalue weighted by molar-refractivity contribution is 0.464. The van der Waals surface area contributed by atoms with Gasteiger partial charge < -0.3 is 14.0 Å². The largest absolute Gasteiger partial charge is 0.458 e. The van der Waals surface area contributed by atoms with Crippen LogP contribution in [-0.4, -0.2) is 11.3 Å². The first-order valence-electron chi connectivity index (χ1n) is 16.5. The van der Waals surface area contributed by atoms with Crippen molar-refractivity contribution in [3.05, 3.63) is 157 Å². The van der Waals surface area contributed by atoms with E-state index < -0.39 is 0 Å². The summed E-state index contributed by atoms with van der Waals surface area (Å²) in [5, 5.41) is 2.50. The number of aryl methyl sites for hydroxylation is 2. The van der Waals surface area contributed by atoms with Crippen LogP contribution in [0.3, 0.4) is 0 Å². The Morgan fingerprint density at radius 2 is 0.917 bits per heavy atom. The lowest BCUT2D eigenvalue weighted by Gasteiger charge is -2.34. The molecule has 2 aliphatic heterocycles. The number of hydrogen-bond donors (Lipinski definition) is 0. The van der Waals surface area contributed by atoms with Gasteiger partial charge in [-0.25, -0.2) is 0 Å². The minimum Gasteiger partial charge on any atom is -0.458 e. The van der Waals surface area contributed by atoms with E-state index in [9.17, 15) is 0 Å². The van der Waals surface area contributed by atoms with Gasteiger partial charge in [-0.3, -0.25) is 0 Å². The summed E-state index contributed by atoms with van der Waals surface area (Å²) in [5.41, 5.74) is 13.9. The van der Waals surface area contributed by atoms with Gasteiger partial charge in [-0.05, 0) is 83.4 Å². The summed E-state index contributed by atoms with van der Waals surface area (Å²) in [5.74, 6) is 3.42. The quantitative estimate of drug-likeness (QED) is 0.185. The first kappa shape index (κ1) is 27.1. The number of benzene rings is 7. The molecular weight excluding hydrogens is 585 g/mol. The standard InChI is InChI=1S/C44H30BNO2/c1-27-13-17-38-34(21-27)35-22-28(2)14-18-39(35)46(38)33-25-42-44-43(26-33)48-41-20-16-32(30-11-7-4-8-12-30)24-37(41)45(44)36-23-31(15-19-40(36)47-42)29-9-5-3-6-10-29/h3-26H,1-2H3. The molecule has 0 bridgehead atoms. The Kier molecular flexibility index (Phi) is 5.80. The summed E-state index contributed by atoms with van der Waals surface area (Å²) in [6, 6.07) is 52.2. The highest BCUT2D eigenvalue weighted by Crippen LogP contribution is 2.41. The summed E-state index contributed by atoms with van der Waals surface area (Å²) in [6.07, 6.45) is 0. The summed E-state index contributed by atoms with van der Waals surface area (Å²) >= 11 is 0. The molecule has 0 spiro atoms. The Morgan fingerprint density at radius 3 is 1.40 bits per heavy atom. The van der Waals surface area contributed by atoms with Gasteiger partial charge in [0.1, 0.15) is 23.0 Å². The highest BCUT2D eigenvalue weighted by Gasteiger charge is 2.41. The Morgan fingerprint density at radius 1 is 0.438 bits per heavy atom. The molecule has 0 atom stereocenters. The molecule has 7 aromatic carbocycles. The smallest absolute Gasteiger partial charge is 0.260 e. The SMILES string of the molecule is Cc1ccc2c(c1)c1cc(C)ccc1n2-c1cc2c3c(c1)Oc1ccc(-c4ccccc4)cc1B3c1cc(-c3ccccc3)ccc1O2. The maximum atomic E-state index is 6.85. The van der Waals surface area contributed by atoms with E-state index in [1.54, 1.807) is 0 Å². The van der Waals surface area contributed by atoms with Crippen molar-refractivity contribution in [1.82, 2.24) is 4.57 Å². The molecule has 0 N–H and O–H groups in total. The number of fused-ring (bicyclic) bond motifs is 7. The van der Waals surface area contributed by atoms with Crippen LogP contribution in [0.25, 0.3) is 49.7 Å². The zero-order valence-corrected chi connectivity index (χ0v) is 26.7. The third-order valence-corrected chi connectivity index (χ3v) is 10.0. The zero-order valence-electron chi connectivity index (χ0n) is 26.7. The fourth-order valence-corrected chi connectivity index (χ4v) is 7.77. The van der Waals surface area contributed by atoms with Gasteiger partial charge in [-0.15, -0.1) is 0 Å². The Hall–Kier alpha value is -6.00. The monoisotopic (exact) mass is 615 g/mol. The molecule has 0 amide bonds. The molecule has 0 unspecified atom stereocenters. The van der Waals surface area contributed by atoms with Gasteiger partial charge in [0.25, 0.3) is 6.71 Å². The summed E-state index contributed by atoms with van der Waals surface area (Å²) in [6.45, 7) is 4.27. The fourth-order valence-electron chi connectivity index (χ4n) is 7.77. The molecular formula is C44H30BNO2. The van der Waals surface area contributed by atoms with Crippen molar-refractivity contribution >= 4 is 44.9 Å². The maximum absolute atomic E-state index is 6.85. The van der Waals surface area contributed by atoms with E-state index in [1.165, 1.54) is 44.2 Å². The van der Waals surface area contributed by atoms with Gasteiger partial charge in [-0.1, -0.05) is 108 Å². The van der Waals surface area contributed by atoms with Crippen molar-refractivity contribution in [2.75, 3.05) is 0 Å². The number of rotatable bonds is 3. The number of aromatic nitrogens is 1. The van der Waals surface area contributed by atoms with Crippen molar-refractivity contribution < 1.29 is 9.47 Å². The van der Waals surface area contributed by atoms with Gasteiger partial charge in [0.05, 0.1) is 16.7 Å². The van der Waals surface area contributed by atoms with Crippen LogP contribution in [0.15, 0.2) is 146 Å². The molecule has 0 saturated carbocycles. The van der Waals surface area contributed by atoms with Crippen molar-refractivity contribution in [2.24, 2.45) is 0 Å². The second-order valence-corrected chi connectivity index (χ2v) is 13.1. The molecule has 2 aliphatic rings. The van der Waals surface area contributed by atoms with E-state index >= 15 is 0 Å². The van der Waals surface area contributed by atoms with Crippen LogP contribution in [-0.2, 0) is 0 Å². The highest BCUT2D eigenvalue weighted by molar-refractivity contribution is 6.98. The third kappa shape index (κ3) is 4.09. The molecule has 3 nitrogen and oxygen atoms in total. The molecule has 0 fully saturated rings. The maximum Gasteiger partial charge on any atom is 0.260 e. The molecule has 4 heteroatoms. The highest BCUT2D eigenvalue weighted by atomic mass is 16.5. The normalized spacial score (nSPS) is 12.7. The van der Waals surface area contributed by atoms with Crippen LogP contribution in [0.2, 0.25) is 0 Å². The van der Waals surface area contributed by atoms with Crippen molar-refractivity contribution in [3.8, 4) is 50.9 Å². The van der Waals surface area contributed by atoms with Crippen molar-refractivity contribution in [2.45, 2.75) is 13.8 Å². The molecule has 10 rings (SSSR count). The van der Waals surface area contributed by atoms with Crippen molar-refractivity contribution in [1.29, 1.82) is 0 Å². The molecule has 8 aromatic rings. The molecule has 0 aliphatic carbocycles. The minimum atomic E-state index is -0.0488. The van der Waals surface area contributed by atoms with E-state index in [4.69, 9.17) is 9.47 Å². The minimum absolute atomic E-state index is 0.0488. The average Bonchev–Trinajstić information content (AvgIpc) is 3.44. The van der Waals surface area contributed by atoms with E-state index in [2.05, 4.69) is 164 Å². The van der Waals surface area contributed by atoms with E-state index in [0.29, 0.717) is 0 Å². The molecule has 3 heterocycles. The van der Waals surface area contributed by atoms with Gasteiger partial charge >= 0.3 is 0 Å². The predicted octanol–water partition coefficient (Wildman–Crippen LogP) is 9.46.